The van der Waals surface area contributed by atoms with E-state index < -0.39 is 23.0 Å². The predicted molar refractivity (Wildman–Crippen MR) is 141 cm³/mol. The molecule has 0 saturated heterocycles. The molecule has 1 heterocycles. The Bertz CT molecular complexity index is 1060. The first-order valence-corrected chi connectivity index (χ1v) is 13.9. The summed E-state index contributed by atoms with van der Waals surface area (Å²) < 4.78 is 6.28. The monoisotopic (exact) mass is 513 g/mol. The van der Waals surface area contributed by atoms with Gasteiger partial charge in [0.2, 0.25) is 0 Å². The van der Waals surface area contributed by atoms with Gasteiger partial charge >= 0.3 is 5.97 Å². The van der Waals surface area contributed by atoms with E-state index in [0.29, 0.717) is 12.8 Å². The number of pyridine rings is 1. The van der Waals surface area contributed by atoms with Gasteiger partial charge in [-0.2, -0.15) is 5.10 Å². The zero-order valence-corrected chi connectivity index (χ0v) is 22.6. The maximum atomic E-state index is 13.5. The number of hydrazone groups is 1. The van der Waals surface area contributed by atoms with Crippen molar-refractivity contribution < 1.29 is 19.4 Å². The molecule has 0 aliphatic heterocycles. The highest BCUT2D eigenvalue weighted by Gasteiger charge is 2.68. The van der Waals surface area contributed by atoms with Gasteiger partial charge in [-0.1, -0.05) is 33.8 Å². The van der Waals surface area contributed by atoms with Crippen LogP contribution >= 0.6 is 11.8 Å². The first-order chi connectivity index (χ1) is 17.0. The van der Waals surface area contributed by atoms with Gasteiger partial charge in [-0.3, -0.25) is 14.6 Å². The van der Waals surface area contributed by atoms with Crippen molar-refractivity contribution in [1.29, 1.82) is 0 Å². The largest absolute Gasteiger partial charge is 0.461 e. The number of hydrogen-bond acceptors (Lipinski definition) is 8. The topological polar surface area (TPSA) is 115 Å². The summed E-state index contributed by atoms with van der Waals surface area (Å²) >= 11 is 1.34. The number of carbonyl (C=O) groups excluding carboxylic acids is 2. The molecule has 7 nitrogen and oxygen atoms in total. The quantitative estimate of drug-likeness (QED) is 0.145. The van der Waals surface area contributed by atoms with Crippen molar-refractivity contribution in [2.45, 2.75) is 76.9 Å². The summed E-state index contributed by atoms with van der Waals surface area (Å²) in [5, 5.41) is 15.1. The normalized spacial score (nSPS) is 40.4. The van der Waals surface area contributed by atoms with Gasteiger partial charge in [-0.15, -0.1) is 18.3 Å². The average molecular weight is 514 g/mol. The summed E-state index contributed by atoms with van der Waals surface area (Å²) in [5.41, 5.74) is -0.679. The van der Waals surface area contributed by atoms with Gasteiger partial charge in [0.15, 0.2) is 0 Å². The summed E-state index contributed by atoms with van der Waals surface area (Å²) in [6.07, 6.45) is 9.08. The molecule has 0 unspecified atom stereocenters. The van der Waals surface area contributed by atoms with E-state index in [9.17, 15) is 14.7 Å². The summed E-state index contributed by atoms with van der Waals surface area (Å²) in [7, 11) is 0. The minimum absolute atomic E-state index is 0.0483. The molecule has 4 rings (SSSR count). The second kappa shape index (κ2) is 9.93. The lowest BCUT2D eigenvalue weighted by molar-refractivity contribution is -0.205. The number of aliphatic hydroxyl groups excluding tert-OH is 1. The molecule has 8 heteroatoms. The summed E-state index contributed by atoms with van der Waals surface area (Å²) in [6, 6.07) is 1.86. The Morgan fingerprint density at radius 3 is 2.81 bits per heavy atom. The number of Topliss-reactive ketones (excluding diaryl/α,β-unsaturated/α-hetero) is 1. The molecule has 0 spiro atoms. The van der Waals surface area contributed by atoms with E-state index in [1.807, 2.05) is 19.1 Å². The number of carbonyl (C=O) groups is 2. The molecule has 3 fully saturated rings. The molecule has 196 valence electrons. The van der Waals surface area contributed by atoms with Crippen LogP contribution < -0.4 is 5.84 Å². The molecule has 3 aliphatic rings. The third kappa shape index (κ3) is 4.30. The highest BCUT2D eigenvalue weighted by atomic mass is 32.2. The van der Waals surface area contributed by atoms with Crippen LogP contribution in [0.15, 0.2) is 41.1 Å². The molecule has 3 N–H and O–H groups in total. The Kier molecular flexibility index (Phi) is 7.41. The zero-order chi connectivity index (χ0) is 26.3. The molecule has 1 aromatic rings. The van der Waals surface area contributed by atoms with Crippen LogP contribution in [0.2, 0.25) is 0 Å². The number of thioether (sulfide) groups is 1. The molecule has 2 bridgehead atoms. The number of aliphatic hydroxyl groups is 1. The molecular weight excluding hydrogens is 474 g/mol. The van der Waals surface area contributed by atoms with Gasteiger partial charge < -0.3 is 15.7 Å². The SMILES string of the molecule is C=C[C@]1(C)C[C@@H](OC(=O)CSc2cncc(/C=N/N)c2)[C@]2(C)[C@H](C)CC[C@]3(CCC(=O)[C@H]32)[C@@H](C)[C@@H]1O. The highest BCUT2D eigenvalue weighted by Crippen LogP contribution is 2.68. The second-order valence-corrected chi connectivity index (χ2v) is 12.6. The molecule has 3 saturated carbocycles. The third-order valence-electron chi connectivity index (χ3n) is 9.89. The summed E-state index contributed by atoms with van der Waals surface area (Å²) in [4.78, 5) is 31.7. The summed E-state index contributed by atoms with van der Waals surface area (Å²) in [5.74, 6) is 5.19. The minimum Gasteiger partial charge on any atom is -0.461 e. The van der Waals surface area contributed by atoms with Gasteiger partial charge in [-0.25, -0.2) is 0 Å². The standard InChI is InChI=1S/C28H39N3O4S/c1-6-26(4)12-22(35-23(33)16-36-20-11-19(14-31-29)13-30-15-20)27(5)17(2)7-9-28(18(3)25(26)34)10-8-21(32)24(27)28/h6,11,13-15,17-18,22,24-25,34H,1,7-10,12,16,29H2,2-5H3/b31-14+/t17-,18+,22-,24+,25+,26-,27+,28+/m1/s1. The smallest absolute Gasteiger partial charge is 0.316 e. The first kappa shape index (κ1) is 26.9. The third-order valence-corrected chi connectivity index (χ3v) is 10.8. The lowest BCUT2D eigenvalue weighted by atomic mass is 9.44. The van der Waals surface area contributed by atoms with Crippen LogP contribution in [-0.4, -0.2) is 46.0 Å². The molecule has 1 aromatic heterocycles. The van der Waals surface area contributed by atoms with Crippen molar-refractivity contribution in [3.8, 4) is 0 Å². The molecule has 0 radical (unpaired) electrons. The Morgan fingerprint density at radius 2 is 2.11 bits per heavy atom. The average Bonchev–Trinajstić information content (AvgIpc) is 3.22. The molecule has 0 aromatic carbocycles. The van der Waals surface area contributed by atoms with Crippen molar-refractivity contribution in [3.05, 3.63) is 36.7 Å². The van der Waals surface area contributed by atoms with E-state index in [1.165, 1.54) is 18.0 Å². The number of esters is 1. The number of ether oxygens (including phenoxy) is 1. The minimum atomic E-state index is -0.671. The van der Waals surface area contributed by atoms with Gasteiger partial charge in [0.05, 0.1) is 18.1 Å². The van der Waals surface area contributed by atoms with Gasteiger partial charge in [0.1, 0.15) is 11.9 Å². The number of aromatic nitrogens is 1. The zero-order valence-electron chi connectivity index (χ0n) is 21.8. The number of hydrogen-bond donors (Lipinski definition) is 2. The van der Waals surface area contributed by atoms with Crippen molar-refractivity contribution >= 4 is 29.7 Å². The Hall–Kier alpha value is -2.19. The van der Waals surface area contributed by atoms with Gasteiger partial charge in [-0.05, 0) is 49.0 Å². The van der Waals surface area contributed by atoms with Crippen molar-refractivity contribution in [3.63, 3.8) is 0 Å². The fourth-order valence-corrected chi connectivity index (χ4v) is 8.21. The molecule has 3 aliphatic carbocycles. The fraction of sp³-hybridized carbons (Fsp3) is 0.643. The van der Waals surface area contributed by atoms with Gasteiger partial charge in [0.25, 0.3) is 0 Å². The van der Waals surface area contributed by atoms with Crippen LogP contribution in [0.5, 0.6) is 0 Å². The molecular formula is C28H39N3O4S. The van der Waals surface area contributed by atoms with Crippen LogP contribution in [0.25, 0.3) is 0 Å². The lowest BCUT2D eigenvalue weighted by Gasteiger charge is -2.61. The Labute approximate surface area is 218 Å². The maximum Gasteiger partial charge on any atom is 0.316 e. The maximum absolute atomic E-state index is 13.5. The number of ketones is 1. The predicted octanol–water partition coefficient (Wildman–Crippen LogP) is 4.37. The number of rotatable bonds is 6. The van der Waals surface area contributed by atoms with Crippen LogP contribution in [0, 0.1) is 34.0 Å². The van der Waals surface area contributed by atoms with E-state index in [-0.39, 0.29) is 40.7 Å². The van der Waals surface area contributed by atoms with E-state index in [0.717, 1.165) is 29.7 Å². The van der Waals surface area contributed by atoms with E-state index in [4.69, 9.17) is 10.6 Å². The highest BCUT2D eigenvalue weighted by molar-refractivity contribution is 8.00. The van der Waals surface area contributed by atoms with Crippen molar-refractivity contribution in [2.75, 3.05) is 5.75 Å². The van der Waals surface area contributed by atoms with Crippen LogP contribution in [0.3, 0.4) is 0 Å². The van der Waals surface area contributed by atoms with Crippen LogP contribution in [-0.2, 0) is 14.3 Å². The van der Waals surface area contributed by atoms with Crippen molar-refractivity contribution in [2.24, 2.45) is 44.9 Å². The molecule has 8 atom stereocenters. The first-order valence-electron chi connectivity index (χ1n) is 12.9. The van der Waals surface area contributed by atoms with Crippen LogP contribution in [0.4, 0.5) is 0 Å². The lowest BCUT2D eigenvalue weighted by Crippen LogP contribution is -2.63. The summed E-state index contributed by atoms with van der Waals surface area (Å²) in [6.45, 7) is 12.5. The second-order valence-electron chi connectivity index (χ2n) is 11.6. The Balaban J connectivity index is 1.65. The molecule has 0 amide bonds. The molecule has 36 heavy (non-hydrogen) atoms. The van der Waals surface area contributed by atoms with Gasteiger partial charge in [0, 0.05) is 46.0 Å². The Morgan fingerprint density at radius 1 is 1.36 bits per heavy atom. The van der Waals surface area contributed by atoms with Crippen LogP contribution in [0.1, 0.15) is 65.4 Å². The number of nitrogens with zero attached hydrogens (tertiary/aromatic N) is 2. The van der Waals surface area contributed by atoms with E-state index in [1.54, 1.807) is 12.4 Å². The van der Waals surface area contributed by atoms with E-state index in [2.05, 4.69) is 37.4 Å². The van der Waals surface area contributed by atoms with E-state index >= 15 is 0 Å². The fourth-order valence-electron chi connectivity index (χ4n) is 7.51. The number of nitrogens with two attached hydrogens (primary N) is 1. The van der Waals surface area contributed by atoms with Crippen molar-refractivity contribution in [1.82, 2.24) is 4.98 Å².